The Morgan fingerprint density at radius 3 is 2.53 bits per heavy atom. The van der Waals surface area contributed by atoms with Crippen LogP contribution >= 0.6 is 0 Å². The number of hydrogen-bond acceptors (Lipinski definition) is 5. The van der Waals surface area contributed by atoms with E-state index in [2.05, 4.69) is 0 Å². The molecule has 0 bridgehead atoms. The van der Waals surface area contributed by atoms with E-state index in [1.54, 1.807) is 13.8 Å². The van der Waals surface area contributed by atoms with E-state index in [1.165, 1.54) is 0 Å². The van der Waals surface area contributed by atoms with Crippen LogP contribution in [0.2, 0.25) is 0 Å². The van der Waals surface area contributed by atoms with Gasteiger partial charge in [0.15, 0.2) is 5.79 Å². The minimum atomic E-state index is -2.61. The van der Waals surface area contributed by atoms with Gasteiger partial charge in [-0.25, -0.2) is 4.21 Å². The molecule has 0 amide bonds. The van der Waals surface area contributed by atoms with Crippen LogP contribution in [0.15, 0.2) is 24.3 Å². The Morgan fingerprint density at radius 1 is 1.42 bits per heavy atom. The Balaban J connectivity index is 2.21. The molecule has 0 spiro atoms. The molecule has 1 fully saturated rings. The molecule has 0 aromatic heterocycles. The summed E-state index contributed by atoms with van der Waals surface area (Å²) in [6.07, 6.45) is -1.14. The first-order valence-electron chi connectivity index (χ1n) is 6.02. The molecule has 0 saturated carbocycles. The fourth-order valence-electron chi connectivity index (χ4n) is 2.04. The zero-order chi connectivity index (χ0) is 14.0. The number of hydrogen-bond donors (Lipinski definition) is 0. The van der Waals surface area contributed by atoms with Crippen molar-refractivity contribution in [3.05, 3.63) is 35.4 Å². The van der Waals surface area contributed by atoms with Crippen molar-refractivity contribution in [2.24, 2.45) is 0 Å². The van der Waals surface area contributed by atoms with Crippen molar-refractivity contribution in [2.45, 2.75) is 38.8 Å². The van der Waals surface area contributed by atoms with Crippen molar-refractivity contribution in [1.82, 2.24) is 0 Å². The molecule has 1 aliphatic rings. The van der Waals surface area contributed by atoms with Gasteiger partial charge in [-0.1, -0.05) is 29.8 Å². The fraction of sp³-hybridized carbons (Fsp3) is 0.538. The maximum Gasteiger partial charge on any atom is 0.163 e. The van der Waals surface area contributed by atoms with E-state index in [0.29, 0.717) is 6.61 Å². The lowest BCUT2D eigenvalue weighted by Crippen LogP contribution is -2.27. The van der Waals surface area contributed by atoms with Crippen LogP contribution < -0.4 is 0 Å². The van der Waals surface area contributed by atoms with Crippen molar-refractivity contribution in [3.8, 4) is 0 Å². The summed E-state index contributed by atoms with van der Waals surface area (Å²) < 4.78 is 37.8. The van der Waals surface area contributed by atoms with Crippen LogP contribution in [0, 0.1) is 6.92 Å². The molecule has 2 rings (SSSR count). The maximum atomic E-state index is 10.8. The van der Waals surface area contributed by atoms with Gasteiger partial charge in [-0.3, -0.25) is 4.18 Å². The van der Waals surface area contributed by atoms with Crippen molar-refractivity contribution in [1.29, 1.82) is 0 Å². The summed E-state index contributed by atoms with van der Waals surface area (Å²) >= 11 is -2.61. The quantitative estimate of drug-likeness (QED) is 0.791. The third kappa shape index (κ3) is 3.84. The Labute approximate surface area is 115 Å². The summed E-state index contributed by atoms with van der Waals surface area (Å²) in [5.74, 6) is -0.721. The van der Waals surface area contributed by atoms with Crippen LogP contribution in [0.3, 0.4) is 0 Å². The van der Waals surface area contributed by atoms with Gasteiger partial charge in [0.2, 0.25) is 0 Å². The molecule has 1 aliphatic heterocycles. The topological polar surface area (TPSA) is 67.8 Å². The molecule has 1 heterocycles. The fourth-order valence-corrected chi connectivity index (χ4v) is 2.44. The van der Waals surface area contributed by atoms with Crippen LogP contribution in [0.4, 0.5) is 0 Å². The molecule has 0 aliphatic carbocycles. The van der Waals surface area contributed by atoms with E-state index in [1.807, 2.05) is 31.2 Å². The predicted molar refractivity (Wildman–Crippen MR) is 68.8 cm³/mol. The second-order valence-electron chi connectivity index (χ2n) is 5.00. The smallest absolute Gasteiger partial charge is 0.163 e. The zero-order valence-electron chi connectivity index (χ0n) is 11.1. The number of ether oxygens (including phenoxy) is 2. The number of benzene rings is 1. The van der Waals surface area contributed by atoms with Gasteiger partial charge in [-0.2, -0.15) is 0 Å². The Morgan fingerprint density at radius 2 is 2.05 bits per heavy atom. The standard InChI is InChI=1S/C13H18O5S/c1-9-4-6-10(7-5-9)12(18-19(14)15)11-8-16-13(2,3)17-11/h4-7,11-12H,8H2,1-3H3,(H,14,15)/p-1. The summed E-state index contributed by atoms with van der Waals surface area (Å²) in [4.78, 5) is 0. The molecule has 1 aromatic carbocycles. The first-order valence-corrected chi connectivity index (χ1v) is 7.02. The summed E-state index contributed by atoms with van der Waals surface area (Å²) in [6, 6.07) is 7.48. The van der Waals surface area contributed by atoms with Crippen molar-refractivity contribution < 1.29 is 22.4 Å². The monoisotopic (exact) mass is 285 g/mol. The molecule has 1 aromatic rings. The van der Waals surface area contributed by atoms with Crippen LogP contribution in [0.1, 0.15) is 31.1 Å². The van der Waals surface area contributed by atoms with Crippen LogP contribution in [0.5, 0.6) is 0 Å². The molecule has 5 nitrogen and oxygen atoms in total. The van der Waals surface area contributed by atoms with Crippen molar-refractivity contribution in [3.63, 3.8) is 0 Å². The molecule has 106 valence electrons. The Kier molecular flexibility index (Phi) is 4.37. The summed E-state index contributed by atoms with van der Waals surface area (Å²) in [6.45, 7) is 5.83. The lowest BCUT2D eigenvalue weighted by Gasteiger charge is -2.25. The van der Waals surface area contributed by atoms with Gasteiger partial charge in [0.25, 0.3) is 0 Å². The average Bonchev–Trinajstić information content (AvgIpc) is 2.67. The molecule has 19 heavy (non-hydrogen) atoms. The van der Waals surface area contributed by atoms with Crippen LogP contribution in [0.25, 0.3) is 0 Å². The lowest BCUT2D eigenvalue weighted by atomic mass is 10.0. The average molecular weight is 285 g/mol. The maximum absolute atomic E-state index is 10.8. The minimum absolute atomic E-state index is 0.294. The highest BCUT2D eigenvalue weighted by Gasteiger charge is 2.39. The van der Waals surface area contributed by atoms with E-state index < -0.39 is 29.4 Å². The highest BCUT2D eigenvalue weighted by Crippen LogP contribution is 2.33. The molecule has 1 saturated heterocycles. The van der Waals surface area contributed by atoms with Gasteiger partial charge in [-0.15, -0.1) is 0 Å². The zero-order valence-corrected chi connectivity index (χ0v) is 11.9. The first kappa shape index (κ1) is 14.6. The predicted octanol–water partition coefficient (Wildman–Crippen LogP) is 2.00. The molecular formula is C13H17O5S-. The third-order valence-electron chi connectivity index (χ3n) is 2.96. The molecule has 0 N–H and O–H groups in total. The van der Waals surface area contributed by atoms with E-state index >= 15 is 0 Å². The van der Waals surface area contributed by atoms with Gasteiger partial charge in [0, 0.05) is 0 Å². The molecule has 3 unspecified atom stereocenters. The summed E-state index contributed by atoms with van der Waals surface area (Å²) in [5, 5.41) is 0. The third-order valence-corrected chi connectivity index (χ3v) is 3.32. The highest BCUT2D eigenvalue weighted by atomic mass is 32.2. The van der Waals surface area contributed by atoms with Crippen molar-refractivity contribution >= 4 is 11.4 Å². The lowest BCUT2D eigenvalue weighted by molar-refractivity contribution is -0.149. The van der Waals surface area contributed by atoms with Gasteiger partial charge >= 0.3 is 0 Å². The first-order chi connectivity index (χ1) is 8.87. The molecule has 6 heteroatoms. The second-order valence-corrected chi connectivity index (χ2v) is 5.60. The van der Waals surface area contributed by atoms with E-state index in [0.717, 1.165) is 11.1 Å². The number of aryl methyl sites for hydroxylation is 1. The number of rotatable bonds is 4. The van der Waals surface area contributed by atoms with Gasteiger partial charge in [0.05, 0.1) is 18.0 Å². The molecule has 3 atom stereocenters. The van der Waals surface area contributed by atoms with E-state index in [-0.39, 0.29) is 0 Å². The SMILES string of the molecule is Cc1ccc(C(OS(=O)[O-])C2COC(C)(C)O2)cc1. The van der Waals surface area contributed by atoms with Crippen molar-refractivity contribution in [2.75, 3.05) is 6.61 Å². The van der Waals surface area contributed by atoms with E-state index in [4.69, 9.17) is 13.7 Å². The highest BCUT2D eigenvalue weighted by molar-refractivity contribution is 7.74. The molecular weight excluding hydrogens is 268 g/mol. The second kappa shape index (κ2) is 5.68. The van der Waals surface area contributed by atoms with Gasteiger partial charge in [-0.05, 0) is 26.3 Å². The minimum Gasteiger partial charge on any atom is -0.750 e. The normalized spacial score (nSPS) is 25.2. The van der Waals surface area contributed by atoms with E-state index in [9.17, 15) is 8.76 Å². The largest absolute Gasteiger partial charge is 0.750 e. The van der Waals surface area contributed by atoms with Gasteiger partial charge in [0.1, 0.15) is 12.2 Å². The van der Waals surface area contributed by atoms with Crippen LogP contribution in [-0.2, 0) is 25.0 Å². The Hall–Kier alpha value is -0.790. The summed E-state index contributed by atoms with van der Waals surface area (Å²) in [7, 11) is 0. The van der Waals surface area contributed by atoms with Crippen LogP contribution in [-0.4, -0.2) is 27.3 Å². The molecule has 0 radical (unpaired) electrons. The summed E-state index contributed by atoms with van der Waals surface area (Å²) in [5.41, 5.74) is 1.84. The van der Waals surface area contributed by atoms with Gasteiger partial charge < -0.3 is 14.0 Å². The Bertz CT molecular complexity index is 457.